The second-order valence-corrected chi connectivity index (χ2v) is 5.56. The molecule has 8 nitrogen and oxygen atoms in total. The minimum atomic E-state index is -0.546. The Morgan fingerprint density at radius 1 is 1.08 bits per heavy atom. The summed E-state index contributed by atoms with van der Waals surface area (Å²) < 4.78 is 0. The van der Waals surface area contributed by atoms with Crippen molar-refractivity contribution in [3.63, 3.8) is 0 Å². The highest BCUT2D eigenvalue weighted by atomic mass is 16.2. The van der Waals surface area contributed by atoms with Gasteiger partial charge in [0.1, 0.15) is 5.78 Å². The molecule has 0 unspecified atom stereocenters. The van der Waals surface area contributed by atoms with E-state index in [-0.39, 0.29) is 18.1 Å². The number of hydrogen-bond acceptors (Lipinski definition) is 6. The maximum Gasteiger partial charge on any atom is 0.256 e. The molecule has 2 amide bonds. The number of nitrogens with zero attached hydrogens (tertiary/aromatic N) is 3. The number of hydrogen-bond donors (Lipinski definition) is 2. The monoisotopic (exact) mass is 353 g/mol. The molecule has 26 heavy (non-hydrogen) atoms. The first kappa shape index (κ1) is 18.8. The lowest BCUT2D eigenvalue weighted by molar-refractivity contribution is -0.125. The lowest BCUT2D eigenvalue weighted by atomic mass is 10.2. The van der Waals surface area contributed by atoms with Crippen LogP contribution in [-0.2, 0) is 14.4 Å². The van der Waals surface area contributed by atoms with Gasteiger partial charge in [-0.25, -0.2) is 0 Å². The summed E-state index contributed by atoms with van der Waals surface area (Å²) in [6.45, 7) is 2.66. The lowest BCUT2D eigenvalue weighted by Crippen LogP contribution is -2.26. The van der Waals surface area contributed by atoms with E-state index in [1.54, 1.807) is 30.3 Å². The van der Waals surface area contributed by atoms with E-state index in [4.69, 9.17) is 5.73 Å². The van der Waals surface area contributed by atoms with Gasteiger partial charge in [0.2, 0.25) is 5.91 Å². The van der Waals surface area contributed by atoms with Crippen LogP contribution in [0.1, 0.15) is 20.3 Å². The molecule has 2 aromatic carbocycles. The van der Waals surface area contributed by atoms with Crippen LogP contribution in [0.2, 0.25) is 0 Å². The molecule has 0 aliphatic heterocycles. The van der Waals surface area contributed by atoms with Crippen molar-refractivity contribution < 1.29 is 14.4 Å². The van der Waals surface area contributed by atoms with Gasteiger partial charge in [-0.1, -0.05) is 23.4 Å². The van der Waals surface area contributed by atoms with Gasteiger partial charge < -0.3 is 11.1 Å². The van der Waals surface area contributed by atoms with Crippen LogP contribution in [0.5, 0.6) is 0 Å². The van der Waals surface area contributed by atoms with Crippen LogP contribution in [0, 0.1) is 0 Å². The molecule has 2 rings (SSSR count). The first-order valence-corrected chi connectivity index (χ1v) is 7.83. The smallest absolute Gasteiger partial charge is 0.256 e. The van der Waals surface area contributed by atoms with E-state index in [2.05, 4.69) is 15.7 Å². The fourth-order valence-electron chi connectivity index (χ4n) is 2.10. The largest absolute Gasteiger partial charge is 0.397 e. The maximum absolute atomic E-state index is 12.4. The highest BCUT2D eigenvalue weighted by molar-refractivity contribution is 6.05. The average molecular weight is 353 g/mol. The lowest BCUT2D eigenvalue weighted by Gasteiger charge is -2.17. The number of nitrogen functional groups attached to an aromatic ring is 1. The van der Waals surface area contributed by atoms with Crippen LogP contribution in [-0.4, -0.2) is 17.6 Å². The van der Waals surface area contributed by atoms with Crippen LogP contribution < -0.4 is 16.1 Å². The van der Waals surface area contributed by atoms with Gasteiger partial charge in [-0.3, -0.25) is 14.4 Å². The fourth-order valence-corrected chi connectivity index (χ4v) is 2.10. The number of ketones is 1. The molecule has 0 fully saturated rings. The molecule has 0 aliphatic carbocycles. The Kier molecular flexibility index (Phi) is 6.15. The summed E-state index contributed by atoms with van der Waals surface area (Å²) in [6, 6.07) is 13.4. The fraction of sp³-hybridized carbons (Fsp3) is 0.167. The van der Waals surface area contributed by atoms with Crippen LogP contribution in [0.3, 0.4) is 0 Å². The van der Waals surface area contributed by atoms with Gasteiger partial charge in [0.25, 0.3) is 5.91 Å². The SMILES string of the molecule is CC(=O)CC(=O)N(N=Nc1ccccc1)c1ccc(N)c(NC(C)=O)c1. The van der Waals surface area contributed by atoms with Crippen LogP contribution in [0.15, 0.2) is 58.9 Å². The minimum Gasteiger partial charge on any atom is -0.397 e. The molecule has 0 spiro atoms. The zero-order valence-corrected chi connectivity index (χ0v) is 14.5. The Hall–Kier alpha value is -3.55. The van der Waals surface area contributed by atoms with Crippen molar-refractivity contribution >= 4 is 40.3 Å². The maximum atomic E-state index is 12.4. The van der Waals surface area contributed by atoms with E-state index >= 15 is 0 Å². The minimum absolute atomic E-state index is 0.299. The zero-order chi connectivity index (χ0) is 19.1. The normalized spacial score (nSPS) is 10.5. The summed E-state index contributed by atoms with van der Waals surface area (Å²) in [5.41, 5.74) is 7.38. The van der Waals surface area contributed by atoms with Crippen molar-refractivity contribution in [3.8, 4) is 0 Å². The van der Waals surface area contributed by atoms with Gasteiger partial charge in [-0.05, 0) is 37.3 Å². The quantitative estimate of drug-likeness (QED) is 0.359. The molecule has 0 saturated heterocycles. The first-order chi connectivity index (χ1) is 12.4. The second kappa shape index (κ2) is 8.52. The van der Waals surface area contributed by atoms with Gasteiger partial charge in [0.05, 0.1) is 29.2 Å². The number of carbonyl (C=O) groups is 3. The average Bonchev–Trinajstić information content (AvgIpc) is 2.57. The summed E-state index contributed by atoms with van der Waals surface area (Å²) in [4.78, 5) is 35.1. The summed E-state index contributed by atoms with van der Waals surface area (Å²) in [5.74, 6) is -1.15. The molecule has 0 saturated carbocycles. The summed E-state index contributed by atoms with van der Waals surface area (Å²) in [6.07, 6.45) is -0.326. The third-order valence-electron chi connectivity index (χ3n) is 3.23. The highest BCUT2D eigenvalue weighted by Crippen LogP contribution is 2.27. The molecule has 3 N–H and O–H groups in total. The molecule has 0 radical (unpaired) electrons. The predicted octanol–water partition coefficient (Wildman–Crippen LogP) is 3.24. The van der Waals surface area contributed by atoms with Crippen LogP contribution in [0.4, 0.5) is 22.7 Å². The summed E-state index contributed by atoms with van der Waals surface area (Å²) >= 11 is 0. The van der Waals surface area contributed by atoms with E-state index in [1.165, 1.54) is 26.0 Å². The van der Waals surface area contributed by atoms with Gasteiger partial charge in [0, 0.05) is 6.92 Å². The van der Waals surface area contributed by atoms with Crippen molar-refractivity contribution in [2.75, 3.05) is 16.1 Å². The summed E-state index contributed by atoms with van der Waals surface area (Å²) in [5, 5.41) is 11.6. The first-order valence-electron chi connectivity index (χ1n) is 7.83. The number of rotatable bonds is 6. The van der Waals surface area contributed by atoms with Crippen molar-refractivity contribution in [2.24, 2.45) is 10.3 Å². The number of benzene rings is 2. The predicted molar refractivity (Wildman–Crippen MR) is 98.9 cm³/mol. The van der Waals surface area contributed by atoms with Gasteiger partial charge in [0.15, 0.2) is 0 Å². The van der Waals surface area contributed by atoms with Gasteiger partial charge in [-0.15, -0.1) is 5.11 Å². The molecule has 8 heteroatoms. The molecule has 0 bridgehead atoms. The third-order valence-corrected chi connectivity index (χ3v) is 3.23. The summed E-state index contributed by atoms with van der Waals surface area (Å²) in [7, 11) is 0. The molecular weight excluding hydrogens is 334 g/mol. The topological polar surface area (TPSA) is 117 Å². The van der Waals surface area contributed by atoms with Crippen molar-refractivity contribution in [1.82, 2.24) is 0 Å². The van der Waals surface area contributed by atoms with Crippen LogP contribution in [0.25, 0.3) is 0 Å². The Balaban J connectivity index is 2.40. The van der Waals surface area contributed by atoms with Gasteiger partial charge >= 0.3 is 0 Å². The van der Waals surface area contributed by atoms with Crippen molar-refractivity contribution in [1.29, 1.82) is 0 Å². The number of anilines is 3. The Bertz CT molecular complexity index is 849. The van der Waals surface area contributed by atoms with E-state index in [1.807, 2.05) is 6.07 Å². The number of nitrogens with one attached hydrogen (secondary N) is 1. The van der Waals surface area contributed by atoms with E-state index in [0.717, 1.165) is 5.01 Å². The Morgan fingerprint density at radius 2 is 1.77 bits per heavy atom. The van der Waals surface area contributed by atoms with Gasteiger partial charge in [-0.2, -0.15) is 5.01 Å². The number of carbonyl (C=O) groups excluding carboxylic acids is 3. The van der Waals surface area contributed by atoms with Crippen LogP contribution >= 0.6 is 0 Å². The van der Waals surface area contributed by atoms with E-state index < -0.39 is 5.91 Å². The van der Waals surface area contributed by atoms with Crippen molar-refractivity contribution in [3.05, 3.63) is 48.5 Å². The molecular formula is C18H19N5O3. The zero-order valence-electron chi connectivity index (χ0n) is 14.5. The third kappa shape index (κ3) is 5.23. The van der Waals surface area contributed by atoms with E-state index in [0.29, 0.717) is 22.7 Å². The number of amides is 2. The standard InChI is InChI=1S/C18H19N5O3/c1-12(24)10-18(26)23(22-21-14-6-4-3-5-7-14)15-8-9-16(19)17(11-15)20-13(2)25/h3-9,11H,10,19H2,1-2H3,(H,20,25). The molecule has 134 valence electrons. The Labute approximate surface area is 150 Å². The molecule has 0 atom stereocenters. The van der Waals surface area contributed by atoms with E-state index in [9.17, 15) is 14.4 Å². The molecule has 0 aromatic heterocycles. The Morgan fingerprint density at radius 3 is 2.38 bits per heavy atom. The molecule has 0 aliphatic rings. The highest BCUT2D eigenvalue weighted by Gasteiger charge is 2.19. The second-order valence-electron chi connectivity index (χ2n) is 5.56. The number of nitrogens with two attached hydrogens (primary N) is 1. The van der Waals surface area contributed by atoms with Crippen molar-refractivity contribution in [2.45, 2.75) is 20.3 Å². The molecule has 0 heterocycles. The number of Topliss-reactive ketones (excluding diaryl/α,β-unsaturated/α-hetero) is 1. The molecule has 2 aromatic rings.